The first kappa shape index (κ1) is 14.3. The second kappa shape index (κ2) is 6.86. The summed E-state index contributed by atoms with van der Waals surface area (Å²) in [7, 11) is 0. The third kappa shape index (κ3) is 3.45. The van der Waals surface area contributed by atoms with Gasteiger partial charge < -0.3 is 15.7 Å². The number of nitrogens with one attached hydrogen (secondary N) is 2. The number of rotatable bonds is 6. The topological polar surface area (TPSA) is 74.2 Å². The van der Waals surface area contributed by atoms with Crippen molar-refractivity contribution in [2.75, 3.05) is 18.4 Å². The lowest BCUT2D eigenvalue weighted by Crippen LogP contribution is -2.30. The van der Waals surface area contributed by atoms with Crippen molar-refractivity contribution in [3.63, 3.8) is 0 Å². The molecule has 20 heavy (non-hydrogen) atoms. The highest BCUT2D eigenvalue weighted by Crippen LogP contribution is 2.20. The first-order chi connectivity index (χ1) is 9.74. The standard InChI is InChI=1S/C15H19N3O2/c1-2-7-16-14(20)9-17-15-12(10-19)8-11-5-3-4-6-13(11)18-15/h3-6,8,19H,2,7,9-10H2,1H3,(H,16,20)(H,17,18). The molecule has 0 spiro atoms. The van der Waals surface area contributed by atoms with Gasteiger partial charge in [0.15, 0.2) is 0 Å². The van der Waals surface area contributed by atoms with Crippen LogP contribution in [0.25, 0.3) is 10.9 Å². The molecule has 1 amide bonds. The summed E-state index contributed by atoms with van der Waals surface area (Å²) in [4.78, 5) is 16.0. The van der Waals surface area contributed by atoms with Crippen LogP contribution in [0.1, 0.15) is 18.9 Å². The van der Waals surface area contributed by atoms with Gasteiger partial charge in [-0.1, -0.05) is 25.1 Å². The van der Waals surface area contributed by atoms with Gasteiger partial charge in [-0.3, -0.25) is 4.79 Å². The van der Waals surface area contributed by atoms with Crippen LogP contribution in [0.2, 0.25) is 0 Å². The van der Waals surface area contributed by atoms with E-state index in [-0.39, 0.29) is 19.1 Å². The molecule has 1 aromatic carbocycles. The number of nitrogens with zero attached hydrogens (tertiary/aromatic N) is 1. The SMILES string of the molecule is CCCNC(=O)CNc1nc2ccccc2cc1CO. The molecule has 2 rings (SSSR count). The first-order valence-corrected chi connectivity index (χ1v) is 6.74. The Morgan fingerprint density at radius 2 is 2.15 bits per heavy atom. The number of amides is 1. The van der Waals surface area contributed by atoms with Crippen LogP contribution in [0.3, 0.4) is 0 Å². The van der Waals surface area contributed by atoms with Gasteiger partial charge in [0.1, 0.15) is 5.82 Å². The van der Waals surface area contributed by atoms with Crippen molar-refractivity contribution < 1.29 is 9.90 Å². The maximum absolute atomic E-state index is 11.6. The molecule has 0 aliphatic carbocycles. The molecule has 0 fully saturated rings. The van der Waals surface area contributed by atoms with E-state index < -0.39 is 0 Å². The quantitative estimate of drug-likeness (QED) is 0.748. The highest BCUT2D eigenvalue weighted by atomic mass is 16.3. The van der Waals surface area contributed by atoms with Crippen molar-refractivity contribution >= 4 is 22.6 Å². The molecule has 0 atom stereocenters. The molecular weight excluding hydrogens is 254 g/mol. The zero-order valence-electron chi connectivity index (χ0n) is 11.5. The molecule has 3 N–H and O–H groups in total. The summed E-state index contributed by atoms with van der Waals surface area (Å²) in [6, 6.07) is 9.56. The number of carbonyl (C=O) groups excluding carboxylic acids is 1. The first-order valence-electron chi connectivity index (χ1n) is 6.74. The number of fused-ring (bicyclic) bond motifs is 1. The predicted molar refractivity (Wildman–Crippen MR) is 79.5 cm³/mol. The summed E-state index contributed by atoms with van der Waals surface area (Å²) >= 11 is 0. The van der Waals surface area contributed by atoms with E-state index in [1.165, 1.54) is 0 Å². The van der Waals surface area contributed by atoms with Gasteiger partial charge in [0.2, 0.25) is 5.91 Å². The molecule has 106 valence electrons. The summed E-state index contributed by atoms with van der Waals surface area (Å²) in [6.45, 7) is 2.70. The fourth-order valence-electron chi connectivity index (χ4n) is 1.92. The Bertz CT molecular complexity index is 599. The van der Waals surface area contributed by atoms with Gasteiger partial charge in [-0.15, -0.1) is 0 Å². The zero-order valence-corrected chi connectivity index (χ0v) is 11.5. The Morgan fingerprint density at radius 1 is 1.35 bits per heavy atom. The van der Waals surface area contributed by atoms with Crippen molar-refractivity contribution in [3.05, 3.63) is 35.9 Å². The Morgan fingerprint density at radius 3 is 2.90 bits per heavy atom. The minimum Gasteiger partial charge on any atom is -0.392 e. The predicted octanol–water partition coefficient (Wildman–Crippen LogP) is 1.67. The molecule has 0 saturated carbocycles. The molecule has 5 heteroatoms. The van der Waals surface area contributed by atoms with Crippen LogP contribution < -0.4 is 10.6 Å². The van der Waals surface area contributed by atoms with Crippen molar-refractivity contribution in [2.45, 2.75) is 20.0 Å². The smallest absolute Gasteiger partial charge is 0.239 e. The van der Waals surface area contributed by atoms with E-state index in [9.17, 15) is 9.90 Å². The summed E-state index contributed by atoms with van der Waals surface area (Å²) in [6.07, 6.45) is 0.905. The van der Waals surface area contributed by atoms with Crippen LogP contribution in [0, 0.1) is 0 Å². The number of benzene rings is 1. The normalized spacial score (nSPS) is 10.5. The number of aliphatic hydroxyl groups is 1. The fraction of sp³-hybridized carbons (Fsp3) is 0.333. The summed E-state index contributed by atoms with van der Waals surface area (Å²) < 4.78 is 0. The molecular formula is C15H19N3O2. The maximum atomic E-state index is 11.6. The number of carbonyl (C=O) groups is 1. The van der Waals surface area contributed by atoms with E-state index in [1.54, 1.807) is 0 Å². The lowest BCUT2D eigenvalue weighted by molar-refractivity contribution is -0.119. The highest BCUT2D eigenvalue weighted by Gasteiger charge is 2.07. The Hall–Kier alpha value is -2.14. The van der Waals surface area contributed by atoms with Crippen LogP contribution in [0.4, 0.5) is 5.82 Å². The third-order valence-electron chi connectivity index (χ3n) is 2.96. The second-order valence-electron chi connectivity index (χ2n) is 4.55. The van der Waals surface area contributed by atoms with Crippen molar-refractivity contribution in [1.29, 1.82) is 0 Å². The summed E-state index contributed by atoms with van der Waals surface area (Å²) in [5.74, 6) is 0.476. The molecule has 2 aromatic rings. The van der Waals surface area contributed by atoms with E-state index in [4.69, 9.17) is 0 Å². The number of pyridine rings is 1. The lowest BCUT2D eigenvalue weighted by atomic mass is 10.1. The van der Waals surface area contributed by atoms with Crippen molar-refractivity contribution in [3.8, 4) is 0 Å². The van der Waals surface area contributed by atoms with Gasteiger partial charge >= 0.3 is 0 Å². The minimum absolute atomic E-state index is 0.0781. The van der Waals surface area contributed by atoms with E-state index in [0.29, 0.717) is 17.9 Å². The van der Waals surface area contributed by atoms with Crippen LogP contribution in [0.5, 0.6) is 0 Å². The van der Waals surface area contributed by atoms with E-state index in [0.717, 1.165) is 17.3 Å². The highest BCUT2D eigenvalue weighted by molar-refractivity contribution is 5.84. The molecule has 5 nitrogen and oxygen atoms in total. The number of aliphatic hydroxyl groups excluding tert-OH is 1. The zero-order chi connectivity index (χ0) is 14.4. The number of aromatic nitrogens is 1. The summed E-state index contributed by atoms with van der Waals surface area (Å²) in [5, 5.41) is 16.1. The molecule has 0 aliphatic rings. The summed E-state index contributed by atoms with van der Waals surface area (Å²) in [5.41, 5.74) is 1.52. The Balaban J connectivity index is 2.14. The van der Waals surface area contributed by atoms with E-state index >= 15 is 0 Å². The second-order valence-corrected chi connectivity index (χ2v) is 4.55. The largest absolute Gasteiger partial charge is 0.392 e. The lowest BCUT2D eigenvalue weighted by Gasteiger charge is -2.11. The maximum Gasteiger partial charge on any atom is 0.239 e. The van der Waals surface area contributed by atoms with Crippen LogP contribution >= 0.6 is 0 Å². The van der Waals surface area contributed by atoms with Crippen LogP contribution in [-0.4, -0.2) is 29.1 Å². The molecule has 0 unspecified atom stereocenters. The van der Waals surface area contributed by atoms with Gasteiger partial charge in [0.25, 0.3) is 0 Å². The molecule has 0 aliphatic heterocycles. The average Bonchev–Trinajstić information content (AvgIpc) is 2.49. The van der Waals surface area contributed by atoms with Gasteiger partial charge in [-0.2, -0.15) is 0 Å². The van der Waals surface area contributed by atoms with Crippen molar-refractivity contribution in [1.82, 2.24) is 10.3 Å². The van der Waals surface area contributed by atoms with E-state index in [1.807, 2.05) is 37.3 Å². The molecule has 0 radical (unpaired) electrons. The van der Waals surface area contributed by atoms with E-state index in [2.05, 4.69) is 15.6 Å². The number of hydrogen-bond acceptors (Lipinski definition) is 4. The Labute approximate surface area is 118 Å². The van der Waals surface area contributed by atoms with Crippen molar-refractivity contribution in [2.24, 2.45) is 0 Å². The minimum atomic E-state index is -0.114. The van der Waals surface area contributed by atoms with Gasteiger partial charge in [-0.05, 0) is 18.6 Å². The van der Waals surface area contributed by atoms with Gasteiger partial charge in [-0.25, -0.2) is 4.98 Å². The van der Waals surface area contributed by atoms with Gasteiger partial charge in [0, 0.05) is 17.5 Å². The third-order valence-corrected chi connectivity index (χ3v) is 2.96. The monoisotopic (exact) mass is 273 g/mol. The Kier molecular flexibility index (Phi) is 4.90. The van der Waals surface area contributed by atoms with Gasteiger partial charge in [0.05, 0.1) is 18.7 Å². The van der Waals surface area contributed by atoms with Crippen LogP contribution in [-0.2, 0) is 11.4 Å². The number of hydrogen-bond donors (Lipinski definition) is 3. The fourth-order valence-corrected chi connectivity index (χ4v) is 1.92. The molecule has 1 heterocycles. The van der Waals surface area contributed by atoms with Crippen LogP contribution in [0.15, 0.2) is 30.3 Å². The molecule has 1 aromatic heterocycles. The number of para-hydroxylation sites is 1. The number of anilines is 1. The average molecular weight is 273 g/mol. The molecule has 0 bridgehead atoms. The molecule has 0 saturated heterocycles.